The van der Waals surface area contributed by atoms with Crippen molar-refractivity contribution >= 4 is 44.9 Å². The summed E-state index contributed by atoms with van der Waals surface area (Å²) in [6, 6.07) is 4.59. The van der Waals surface area contributed by atoms with E-state index in [1.54, 1.807) is 26.8 Å². The predicted molar refractivity (Wildman–Crippen MR) is 96.2 cm³/mol. The molecule has 1 fully saturated rings. The number of hydrogen-bond acceptors (Lipinski definition) is 5. The van der Waals surface area contributed by atoms with Crippen molar-refractivity contribution < 1.29 is 22.7 Å². The molecule has 0 aliphatic carbocycles. The minimum absolute atomic E-state index is 0.113. The first-order valence-corrected chi connectivity index (χ1v) is 9.76. The van der Waals surface area contributed by atoms with Gasteiger partial charge in [-0.25, -0.2) is 8.42 Å². The van der Waals surface area contributed by atoms with Gasteiger partial charge in [-0.15, -0.1) is 0 Å². The highest BCUT2D eigenvalue weighted by Crippen LogP contribution is 2.31. The Morgan fingerprint density at radius 2 is 2.00 bits per heavy atom. The number of rotatable bonds is 4. The Kier molecular flexibility index (Phi) is 5.63. The highest BCUT2D eigenvalue weighted by Gasteiger charge is 2.29. The molecule has 1 heterocycles. The van der Waals surface area contributed by atoms with Crippen LogP contribution in [0.25, 0.3) is 0 Å². The fraction of sp³-hybridized carbons (Fsp3) is 0.500. The van der Waals surface area contributed by atoms with Crippen LogP contribution in [0.2, 0.25) is 5.02 Å². The molecule has 1 amide bonds. The average molecular weight is 389 g/mol. The third-order valence-corrected chi connectivity index (χ3v) is 5.74. The summed E-state index contributed by atoms with van der Waals surface area (Å²) < 4.78 is 30.1. The third kappa shape index (κ3) is 4.85. The van der Waals surface area contributed by atoms with Gasteiger partial charge in [-0.3, -0.25) is 13.9 Å². The molecule has 1 aliphatic rings. The minimum Gasteiger partial charge on any atom is -0.455 e. The maximum Gasteiger partial charge on any atom is 0.311 e. The second-order valence-electron chi connectivity index (χ2n) is 6.78. The molecule has 1 aliphatic heterocycles. The van der Waals surface area contributed by atoms with Crippen LogP contribution < -0.4 is 9.62 Å². The number of hydrogen-bond donors (Lipinski definition) is 1. The molecule has 0 aromatic heterocycles. The zero-order chi connectivity index (χ0) is 18.8. The highest BCUT2D eigenvalue weighted by molar-refractivity contribution is 7.93. The number of benzene rings is 1. The molecule has 25 heavy (non-hydrogen) atoms. The highest BCUT2D eigenvalue weighted by atomic mass is 35.5. The van der Waals surface area contributed by atoms with E-state index in [0.29, 0.717) is 24.3 Å². The maximum atomic E-state index is 11.9. The molecule has 0 spiro atoms. The van der Waals surface area contributed by atoms with E-state index in [1.165, 1.54) is 16.4 Å². The molecule has 7 nitrogen and oxygen atoms in total. The summed E-state index contributed by atoms with van der Waals surface area (Å²) in [5, 5.41) is 2.74. The van der Waals surface area contributed by atoms with Gasteiger partial charge in [0.25, 0.3) is 5.91 Å². The first-order chi connectivity index (χ1) is 11.5. The number of nitrogens with zero attached hydrogens (tertiary/aromatic N) is 1. The Morgan fingerprint density at radius 3 is 2.52 bits per heavy atom. The molecule has 138 valence electrons. The van der Waals surface area contributed by atoms with Crippen molar-refractivity contribution in [3.05, 3.63) is 23.2 Å². The lowest BCUT2D eigenvalue weighted by Gasteiger charge is -2.18. The van der Waals surface area contributed by atoms with Crippen LogP contribution in [0.1, 0.15) is 27.2 Å². The van der Waals surface area contributed by atoms with Crippen molar-refractivity contribution in [3.63, 3.8) is 0 Å². The lowest BCUT2D eigenvalue weighted by Crippen LogP contribution is -2.28. The van der Waals surface area contributed by atoms with Crippen molar-refractivity contribution in [2.75, 3.05) is 28.5 Å². The van der Waals surface area contributed by atoms with Gasteiger partial charge >= 0.3 is 5.97 Å². The lowest BCUT2D eigenvalue weighted by molar-refractivity contribution is -0.155. The minimum atomic E-state index is -3.30. The summed E-state index contributed by atoms with van der Waals surface area (Å²) in [7, 11) is -3.30. The van der Waals surface area contributed by atoms with Crippen LogP contribution in [0, 0.1) is 5.41 Å². The topological polar surface area (TPSA) is 92.8 Å². The van der Waals surface area contributed by atoms with E-state index in [4.69, 9.17) is 16.3 Å². The Morgan fingerprint density at radius 1 is 1.32 bits per heavy atom. The van der Waals surface area contributed by atoms with Gasteiger partial charge in [0.05, 0.1) is 27.6 Å². The van der Waals surface area contributed by atoms with Crippen LogP contribution in [0.3, 0.4) is 0 Å². The summed E-state index contributed by atoms with van der Waals surface area (Å²) in [5.74, 6) is -0.896. The van der Waals surface area contributed by atoms with Crippen molar-refractivity contribution in [3.8, 4) is 0 Å². The van der Waals surface area contributed by atoms with Crippen LogP contribution in [0.4, 0.5) is 11.4 Å². The zero-order valence-electron chi connectivity index (χ0n) is 14.3. The number of amides is 1. The van der Waals surface area contributed by atoms with Crippen LogP contribution in [0.5, 0.6) is 0 Å². The lowest BCUT2D eigenvalue weighted by atomic mass is 9.97. The number of carbonyl (C=O) groups excluding carboxylic acids is 2. The Labute approximate surface area is 152 Å². The number of nitrogens with one attached hydrogen (secondary N) is 1. The molecule has 0 unspecified atom stereocenters. The molecular formula is C16H21ClN2O5S. The number of sulfonamides is 1. The van der Waals surface area contributed by atoms with E-state index in [0.717, 1.165) is 0 Å². The quantitative estimate of drug-likeness (QED) is 0.799. The third-order valence-electron chi connectivity index (χ3n) is 3.56. The molecule has 0 saturated carbocycles. The summed E-state index contributed by atoms with van der Waals surface area (Å²) in [6.07, 6.45) is 0.567. The van der Waals surface area contributed by atoms with Gasteiger partial charge in [0.2, 0.25) is 10.0 Å². The molecule has 0 bridgehead atoms. The van der Waals surface area contributed by atoms with Crippen molar-refractivity contribution in [1.29, 1.82) is 0 Å². The van der Waals surface area contributed by atoms with E-state index in [2.05, 4.69) is 5.32 Å². The second-order valence-corrected chi connectivity index (χ2v) is 9.20. The first-order valence-electron chi connectivity index (χ1n) is 7.78. The van der Waals surface area contributed by atoms with Gasteiger partial charge in [0.15, 0.2) is 6.61 Å². The standard InChI is InChI=1S/C16H21ClN2O5S/c1-16(2,3)15(21)24-10-14(20)18-13-6-5-11(9-12(13)17)19-7-4-8-25(19,22)23/h5-6,9H,4,7-8,10H2,1-3H3,(H,18,20). The van der Waals surface area contributed by atoms with Crippen LogP contribution in [0.15, 0.2) is 18.2 Å². The number of esters is 1. The predicted octanol–water partition coefficient (Wildman–Crippen LogP) is 2.41. The summed E-state index contributed by atoms with van der Waals surface area (Å²) >= 11 is 6.14. The monoisotopic (exact) mass is 388 g/mol. The van der Waals surface area contributed by atoms with E-state index in [1.807, 2.05) is 0 Å². The van der Waals surface area contributed by atoms with Gasteiger partial charge in [-0.2, -0.15) is 0 Å². The number of halogens is 1. The van der Waals surface area contributed by atoms with Crippen molar-refractivity contribution in [1.82, 2.24) is 0 Å². The molecule has 1 aromatic carbocycles. The first kappa shape index (κ1) is 19.5. The number of ether oxygens (including phenoxy) is 1. The van der Waals surface area contributed by atoms with Crippen molar-refractivity contribution in [2.45, 2.75) is 27.2 Å². The zero-order valence-corrected chi connectivity index (χ0v) is 15.9. The van der Waals surface area contributed by atoms with Gasteiger partial charge < -0.3 is 10.1 Å². The molecule has 1 saturated heterocycles. The molecule has 0 radical (unpaired) electrons. The largest absolute Gasteiger partial charge is 0.455 e. The fourth-order valence-corrected chi connectivity index (χ4v) is 4.00. The number of anilines is 2. The van der Waals surface area contributed by atoms with E-state index in [9.17, 15) is 18.0 Å². The van der Waals surface area contributed by atoms with Crippen LogP contribution in [-0.4, -0.2) is 39.2 Å². The summed E-state index contributed by atoms with van der Waals surface area (Å²) in [4.78, 5) is 23.5. The molecule has 2 rings (SSSR count). The maximum absolute atomic E-state index is 11.9. The van der Waals surface area contributed by atoms with E-state index >= 15 is 0 Å². The SMILES string of the molecule is CC(C)(C)C(=O)OCC(=O)Nc1ccc(N2CCCS2(=O)=O)cc1Cl. The summed E-state index contributed by atoms with van der Waals surface area (Å²) in [5.41, 5.74) is 0.0827. The number of carbonyl (C=O) groups is 2. The van der Waals surface area contributed by atoms with Gasteiger partial charge in [-0.1, -0.05) is 11.6 Å². The van der Waals surface area contributed by atoms with Crippen LogP contribution in [-0.2, 0) is 24.3 Å². The van der Waals surface area contributed by atoms with E-state index in [-0.39, 0.29) is 10.8 Å². The molecule has 1 N–H and O–H groups in total. The van der Waals surface area contributed by atoms with Gasteiger partial charge in [0, 0.05) is 6.54 Å². The molecule has 9 heteroatoms. The van der Waals surface area contributed by atoms with Crippen molar-refractivity contribution in [2.24, 2.45) is 5.41 Å². The van der Waals surface area contributed by atoms with Crippen LogP contribution >= 0.6 is 11.6 Å². The molecule has 1 aromatic rings. The Bertz CT molecular complexity index is 786. The normalized spacial score (nSPS) is 16.6. The smallest absolute Gasteiger partial charge is 0.311 e. The summed E-state index contributed by atoms with van der Waals surface area (Å²) in [6.45, 7) is 5.06. The average Bonchev–Trinajstić information content (AvgIpc) is 2.85. The van der Waals surface area contributed by atoms with Gasteiger partial charge in [0.1, 0.15) is 0 Å². The second kappa shape index (κ2) is 7.21. The molecule has 0 atom stereocenters. The Balaban J connectivity index is 2.02. The van der Waals surface area contributed by atoms with E-state index < -0.39 is 33.9 Å². The fourth-order valence-electron chi connectivity index (χ4n) is 2.22. The molecular weight excluding hydrogens is 368 g/mol. The van der Waals surface area contributed by atoms with Gasteiger partial charge in [-0.05, 0) is 45.4 Å². The Hall–Kier alpha value is -1.80.